The molecule has 2 aromatic rings. The number of imidazole rings is 2. The predicted molar refractivity (Wildman–Crippen MR) is 152 cm³/mol. The minimum atomic E-state index is 0.320. The van der Waals surface area contributed by atoms with Crippen molar-refractivity contribution in [1.29, 1.82) is 0 Å². The van der Waals surface area contributed by atoms with Gasteiger partial charge in [0.1, 0.15) is 11.6 Å². The Kier molecular flexibility index (Phi) is 9.83. The second kappa shape index (κ2) is 12.6. The van der Waals surface area contributed by atoms with Gasteiger partial charge < -0.3 is 4.74 Å². The largest absolute Gasteiger partial charge is 0.463 e. The Morgan fingerprint density at radius 2 is 1.89 bits per heavy atom. The van der Waals surface area contributed by atoms with E-state index in [1.807, 2.05) is 38.2 Å². The second-order valence-electron chi connectivity index (χ2n) is 8.56. The molecule has 0 aliphatic rings. The number of ether oxygens (including phenoxy) is 1. The van der Waals surface area contributed by atoms with Crippen molar-refractivity contribution in [2.75, 3.05) is 0 Å². The summed E-state index contributed by atoms with van der Waals surface area (Å²) in [7, 11) is 0. The molecule has 0 radical (unpaired) electrons. The monoisotopic (exact) mass is 470 g/mol. The summed E-state index contributed by atoms with van der Waals surface area (Å²) < 4.78 is 9.51. The van der Waals surface area contributed by atoms with E-state index in [9.17, 15) is 0 Å². The highest BCUT2D eigenvalue weighted by Crippen LogP contribution is 2.27. The van der Waals surface area contributed by atoms with Gasteiger partial charge in [0.05, 0.1) is 17.1 Å². The first-order chi connectivity index (χ1) is 16.6. The van der Waals surface area contributed by atoms with Gasteiger partial charge in [-0.15, -0.1) is 0 Å². The zero-order valence-corrected chi connectivity index (χ0v) is 22.0. The molecule has 0 aromatic carbocycles. The fourth-order valence-corrected chi connectivity index (χ4v) is 3.66. The van der Waals surface area contributed by atoms with Gasteiger partial charge in [-0.1, -0.05) is 70.0 Å². The zero-order valence-electron chi connectivity index (χ0n) is 22.0. The summed E-state index contributed by atoms with van der Waals surface area (Å²) in [5, 5.41) is 0. The lowest BCUT2D eigenvalue weighted by Crippen LogP contribution is -2.07. The minimum Gasteiger partial charge on any atom is -0.463 e. The van der Waals surface area contributed by atoms with Crippen LogP contribution in [0, 0.1) is 18.8 Å². The number of aryl methyl sites for hydroxylation is 1. The van der Waals surface area contributed by atoms with E-state index in [4.69, 9.17) is 9.72 Å². The van der Waals surface area contributed by atoms with Gasteiger partial charge in [-0.3, -0.25) is 8.97 Å². The van der Waals surface area contributed by atoms with Crippen LogP contribution in [0.1, 0.15) is 51.7 Å². The highest BCUT2D eigenvalue weighted by Gasteiger charge is 2.18. The lowest BCUT2D eigenvalue weighted by atomic mass is 9.88. The first-order valence-electron chi connectivity index (χ1n) is 11.7. The molecular weight excluding hydrogens is 432 g/mol. The maximum atomic E-state index is 5.36. The molecule has 2 atom stereocenters. The van der Waals surface area contributed by atoms with E-state index in [1.54, 1.807) is 25.3 Å². The quantitative estimate of drug-likeness (QED) is 0.179. The maximum absolute atomic E-state index is 5.36. The van der Waals surface area contributed by atoms with Gasteiger partial charge in [0.25, 0.3) is 0 Å². The molecule has 0 spiro atoms. The van der Waals surface area contributed by atoms with Crippen molar-refractivity contribution >= 4 is 30.0 Å². The topological polar surface area (TPSA) is 43.8 Å². The Morgan fingerprint density at radius 1 is 1.17 bits per heavy atom. The van der Waals surface area contributed by atoms with Gasteiger partial charge in [-0.25, -0.2) is 9.98 Å². The first-order valence-corrected chi connectivity index (χ1v) is 11.7. The van der Waals surface area contributed by atoms with Crippen LogP contribution < -0.4 is 0 Å². The van der Waals surface area contributed by atoms with Crippen LogP contribution in [0.4, 0.5) is 0 Å². The van der Waals surface area contributed by atoms with E-state index < -0.39 is 0 Å². The zero-order chi connectivity index (χ0) is 26.1. The maximum Gasteiger partial charge on any atom is 0.221 e. The van der Waals surface area contributed by atoms with E-state index in [0.29, 0.717) is 23.4 Å². The average Bonchev–Trinajstić information content (AvgIpc) is 3.31. The van der Waals surface area contributed by atoms with E-state index >= 15 is 0 Å². The fraction of sp³-hybridized carbons (Fsp3) is 0.267. The Labute approximate surface area is 210 Å². The van der Waals surface area contributed by atoms with Crippen LogP contribution in [0.2, 0.25) is 0 Å². The predicted octanol–water partition coefficient (Wildman–Crippen LogP) is 8.01. The average molecular weight is 471 g/mol. The van der Waals surface area contributed by atoms with Crippen LogP contribution in [-0.4, -0.2) is 20.2 Å². The molecule has 0 amide bonds. The lowest BCUT2D eigenvalue weighted by molar-refractivity contribution is 0.326. The summed E-state index contributed by atoms with van der Waals surface area (Å²) in [5.41, 5.74) is 4.17. The Hall–Kier alpha value is -3.86. The van der Waals surface area contributed by atoms with Crippen LogP contribution in [0.5, 0.6) is 0 Å². The van der Waals surface area contributed by atoms with Crippen molar-refractivity contribution < 1.29 is 4.74 Å². The Morgan fingerprint density at radius 3 is 2.49 bits per heavy atom. The standard InChI is InChI=1S/C30H38N4O/c1-11-18-31-29(13-3)34-27(20-33-26(10)28(12-2)32-30(33)34)19-23(7)25(9)22(6)16-14-15-17-24(8)35-21(4)5/h11-20,22,25H,1-2,4,8H2,3,5-7,9-10H3/b16-14-,17-15-,23-19-,29-13+,31-18-. The summed E-state index contributed by atoms with van der Waals surface area (Å²) in [5.74, 6) is 3.42. The number of fused-ring (bicyclic) bond motifs is 1. The molecule has 35 heavy (non-hydrogen) atoms. The summed E-state index contributed by atoms with van der Waals surface area (Å²) in [6.45, 7) is 27.6. The number of allylic oxidation sites excluding steroid dienone is 8. The number of hydrogen-bond acceptors (Lipinski definition) is 3. The molecular formula is C30H38N4O. The molecule has 0 bridgehead atoms. The summed E-state index contributed by atoms with van der Waals surface area (Å²) >= 11 is 0. The van der Waals surface area contributed by atoms with Crippen LogP contribution in [0.3, 0.4) is 0 Å². The van der Waals surface area contributed by atoms with Gasteiger partial charge in [0, 0.05) is 18.1 Å². The molecule has 5 nitrogen and oxygen atoms in total. The normalized spacial score (nSPS) is 14.8. The summed E-state index contributed by atoms with van der Waals surface area (Å²) in [6, 6.07) is 0. The number of hydrogen-bond donors (Lipinski definition) is 0. The van der Waals surface area contributed by atoms with E-state index in [1.165, 1.54) is 5.57 Å². The number of rotatable bonds is 12. The molecule has 0 fully saturated rings. The third-order valence-electron chi connectivity index (χ3n) is 5.88. The third-order valence-corrected chi connectivity index (χ3v) is 5.88. The number of aliphatic imine (C=N–C) groups is 1. The van der Waals surface area contributed by atoms with Crippen molar-refractivity contribution in [3.63, 3.8) is 0 Å². The van der Waals surface area contributed by atoms with Crippen LogP contribution in [0.25, 0.3) is 23.8 Å². The molecule has 2 unspecified atom stereocenters. The summed E-state index contributed by atoms with van der Waals surface area (Å²) in [4.78, 5) is 9.37. The van der Waals surface area contributed by atoms with E-state index in [-0.39, 0.29) is 0 Å². The van der Waals surface area contributed by atoms with Crippen LogP contribution >= 0.6 is 0 Å². The van der Waals surface area contributed by atoms with Crippen molar-refractivity contribution in [2.45, 2.75) is 41.5 Å². The van der Waals surface area contributed by atoms with Crippen molar-refractivity contribution in [1.82, 2.24) is 14.0 Å². The molecule has 0 saturated heterocycles. The molecule has 2 heterocycles. The smallest absolute Gasteiger partial charge is 0.221 e. The lowest BCUT2D eigenvalue weighted by Gasteiger charge is -2.18. The van der Waals surface area contributed by atoms with Gasteiger partial charge in [-0.05, 0) is 63.8 Å². The number of aromatic nitrogens is 3. The SMILES string of the molecule is C=C/C=N\C(=C/C)n1c(/C=C(/C)C(C)C(C)/C=C\C=C/C(=C)OC(=C)C)cn2c(C)c(C=C)nc12. The molecule has 2 rings (SSSR count). The fourth-order valence-electron chi connectivity index (χ4n) is 3.66. The molecule has 0 N–H and O–H groups in total. The highest BCUT2D eigenvalue weighted by atomic mass is 16.5. The first kappa shape index (κ1) is 27.4. The van der Waals surface area contributed by atoms with Crippen molar-refractivity contribution in [3.8, 4) is 0 Å². The summed E-state index contributed by atoms with van der Waals surface area (Å²) in [6.07, 6.45) is 19.4. The van der Waals surface area contributed by atoms with Crippen molar-refractivity contribution in [3.05, 3.63) is 103 Å². The molecule has 5 heteroatoms. The molecule has 184 valence electrons. The Bertz CT molecular complexity index is 1260. The van der Waals surface area contributed by atoms with E-state index in [0.717, 1.165) is 28.7 Å². The molecule has 0 aliphatic heterocycles. The number of nitrogens with zero attached hydrogens (tertiary/aromatic N) is 4. The van der Waals surface area contributed by atoms with Gasteiger partial charge in [0.15, 0.2) is 0 Å². The van der Waals surface area contributed by atoms with Crippen LogP contribution in [0.15, 0.2) is 91.1 Å². The van der Waals surface area contributed by atoms with Gasteiger partial charge >= 0.3 is 0 Å². The van der Waals surface area contributed by atoms with Crippen LogP contribution in [-0.2, 0) is 4.74 Å². The highest BCUT2D eigenvalue weighted by molar-refractivity contribution is 5.77. The van der Waals surface area contributed by atoms with Gasteiger partial charge in [-0.2, -0.15) is 0 Å². The van der Waals surface area contributed by atoms with E-state index in [2.05, 4.69) is 79.4 Å². The Balaban J connectivity index is 2.39. The van der Waals surface area contributed by atoms with Crippen molar-refractivity contribution in [2.24, 2.45) is 16.8 Å². The molecule has 0 saturated carbocycles. The molecule has 2 aromatic heterocycles. The third kappa shape index (κ3) is 6.82. The second-order valence-corrected chi connectivity index (χ2v) is 8.56. The minimum absolute atomic E-state index is 0.320. The van der Waals surface area contributed by atoms with Gasteiger partial charge in [0.2, 0.25) is 5.78 Å². The molecule has 0 aliphatic carbocycles.